The number of amidine groups is 1. The van der Waals surface area contributed by atoms with Gasteiger partial charge < -0.3 is 5.73 Å². The van der Waals surface area contributed by atoms with Crippen molar-refractivity contribution in [3.05, 3.63) is 66.0 Å². The molecule has 1 aromatic carbocycles. The number of pyridine rings is 1. The fourth-order valence-corrected chi connectivity index (χ4v) is 2.38. The Morgan fingerprint density at radius 3 is 2.81 bits per heavy atom. The van der Waals surface area contributed by atoms with Crippen molar-refractivity contribution < 1.29 is 0 Å². The van der Waals surface area contributed by atoms with Crippen LogP contribution >= 0.6 is 0 Å². The van der Waals surface area contributed by atoms with Gasteiger partial charge in [0, 0.05) is 29.9 Å². The number of aromatic nitrogens is 1. The van der Waals surface area contributed by atoms with Gasteiger partial charge in [0.15, 0.2) is 0 Å². The van der Waals surface area contributed by atoms with Crippen LogP contribution in [0.25, 0.3) is 17.2 Å². The molecule has 1 aliphatic rings. The Labute approximate surface area is 124 Å². The maximum atomic E-state index is 6.02. The number of rotatable bonds is 2. The van der Waals surface area contributed by atoms with Gasteiger partial charge in [-0.1, -0.05) is 30.4 Å². The van der Waals surface area contributed by atoms with Crippen molar-refractivity contribution in [2.45, 2.75) is 13.3 Å². The summed E-state index contributed by atoms with van der Waals surface area (Å²) < 4.78 is 0. The molecule has 3 rings (SSSR count). The summed E-state index contributed by atoms with van der Waals surface area (Å²) in [6.45, 7) is 6.00. The van der Waals surface area contributed by atoms with Gasteiger partial charge in [-0.3, -0.25) is 4.98 Å². The number of allylic oxidation sites excluding steroid dienone is 1. The lowest BCUT2D eigenvalue weighted by atomic mass is 10.00. The second kappa shape index (κ2) is 5.37. The Balaban J connectivity index is 2.11. The van der Waals surface area contributed by atoms with Crippen molar-refractivity contribution in [2.75, 3.05) is 0 Å². The Hall–Kier alpha value is -2.68. The van der Waals surface area contributed by atoms with Crippen LogP contribution in [0.15, 0.2) is 65.4 Å². The van der Waals surface area contributed by atoms with Crippen LogP contribution in [-0.2, 0) is 0 Å². The molecule has 0 saturated carbocycles. The number of nitrogens with zero attached hydrogens (tertiary/aromatic N) is 2. The normalized spacial score (nSPS) is 13.8. The molecule has 0 aliphatic carbocycles. The molecule has 0 unspecified atom stereocenters. The average molecular weight is 275 g/mol. The van der Waals surface area contributed by atoms with Crippen molar-refractivity contribution in [2.24, 2.45) is 10.7 Å². The largest absolute Gasteiger partial charge is 0.387 e. The van der Waals surface area contributed by atoms with E-state index in [1.165, 1.54) is 0 Å². The summed E-state index contributed by atoms with van der Waals surface area (Å²) in [5.41, 5.74) is 12.3. The molecule has 1 aromatic heterocycles. The SMILES string of the molecule is C=C(C)C1=Cc2ccc(-c3cccnc3)cc2N=C(N)C1. The first-order valence-corrected chi connectivity index (χ1v) is 6.87. The average Bonchev–Trinajstić information content (AvgIpc) is 2.65. The quantitative estimate of drug-likeness (QED) is 0.897. The molecule has 21 heavy (non-hydrogen) atoms. The van der Waals surface area contributed by atoms with Crippen molar-refractivity contribution in [3.63, 3.8) is 0 Å². The number of nitrogens with two attached hydrogens (primary N) is 1. The lowest BCUT2D eigenvalue weighted by molar-refractivity contribution is 1.25. The third-order valence-corrected chi connectivity index (χ3v) is 3.54. The summed E-state index contributed by atoms with van der Waals surface area (Å²) in [4.78, 5) is 8.70. The standard InChI is InChI=1S/C18H17N3/c1-12(2)16-8-14-6-5-13(15-4-3-7-20-11-15)9-17(14)21-18(19)10-16/h3-9,11H,1,10H2,2H3,(H2,19,21). The molecule has 104 valence electrons. The van der Waals surface area contributed by atoms with Crippen molar-refractivity contribution in [1.29, 1.82) is 0 Å². The summed E-state index contributed by atoms with van der Waals surface area (Å²) in [6.07, 6.45) is 6.38. The van der Waals surface area contributed by atoms with Gasteiger partial charge in [0.05, 0.1) is 5.69 Å². The van der Waals surface area contributed by atoms with Crippen LogP contribution in [0.1, 0.15) is 18.9 Å². The van der Waals surface area contributed by atoms with Crippen molar-refractivity contribution in [1.82, 2.24) is 4.98 Å². The first-order valence-electron chi connectivity index (χ1n) is 6.87. The van der Waals surface area contributed by atoms with E-state index < -0.39 is 0 Å². The van der Waals surface area contributed by atoms with E-state index in [0.717, 1.165) is 33.5 Å². The van der Waals surface area contributed by atoms with Gasteiger partial charge in [-0.25, -0.2) is 4.99 Å². The first-order chi connectivity index (χ1) is 10.1. The number of benzene rings is 1. The van der Waals surface area contributed by atoms with Gasteiger partial charge >= 0.3 is 0 Å². The minimum atomic E-state index is 0.617. The van der Waals surface area contributed by atoms with Gasteiger partial charge in [0.2, 0.25) is 0 Å². The lowest BCUT2D eigenvalue weighted by Crippen LogP contribution is -2.11. The van der Waals surface area contributed by atoms with Crippen LogP contribution < -0.4 is 5.73 Å². The van der Waals surface area contributed by atoms with E-state index in [9.17, 15) is 0 Å². The zero-order chi connectivity index (χ0) is 14.8. The van der Waals surface area contributed by atoms with Gasteiger partial charge in [0.25, 0.3) is 0 Å². The minimum absolute atomic E-state index is 0.617. The van der Waals surface area contributed by atoms with Gasteiger partial charge in [-0.2, -0.15) is 0 Å². The van der Waals surface area contributed by atoms with Gasteiger partial charge in [0.1, 0.15) is 5.84 Å². The van der Waals surface area contributed by atoms with Crippen LogP contribution in [0, 0.1) is 0 Å². The Morgan fingerprint density at radius 1 is 1.24 bits per heavy atom. The molecule has 2 heterocycles. The topological polar surface area (TPSA) is 51.3 Å². The summed E-state index contributed by atoms with van der Waals surface area (Å²) in [5.74, 6) is 0.617. The predicted molar refractivity (Wildman–Crippen MR) is 88.4 cm³/mol. The Kier molecular flexibility index (Phi) is 3.40. The maximum absolute atomic E-state index is 6.02. The number of hydrogen-bond donors (Lipinski definition) is 1. The van der Waals surface area contributed by atoms with E-state index in [0.29, 0.717) is 12.3 Å². The van der Waals surface area contributed by atoms with E-state index in [1.54, 1.807) is 6.20 Å². The molecule has 0 bridgehead atoms. The molecule has 3 nitrogen and oxygen atoms in total. The third kappa shape index (κ3) is 2.77. The highest BCUT2D eigenvalue weighted by Gasteiger charge is 2.11. The number of fused-ring (bicyclic) bond motifs is 1. The van der Waals surface area contributed by atoms with Gasteiger partial charge in [-0.15, -0.1) is 0 Å². The molecule has 0 atom stereocenters. The van der Waals surface area contributed by atoms with E-state index >= 15 is 0 Å². The zero-order valence-electron chi connectivity index (χ0n) is 12.0. The van der Waals surface area contributed by atoms with Crippen molar-refractivity contribution in [3.8, 4) is 11.1 Å². The summed E-state index contributed by atoms with van der Waals surface area (Å²) in [6, 6.07) is 10.2. The van der Waals surface area contributed by atoms with E-state index in [1.807, 2.05) is 25.3 Å². The van der Waals surface area contributed by atoms with Crippen LogP contribution in [0.2, 0.25) is 0 Å². The highest BCUT2D eigenvalue weighted by molar-refractivity contribution is 5.91. The smallest absolute Gasteiger partial charge is 0.104 e. The van der Waals surface area contributed by atoms with E-state index in [-0.39, 0.29) is 0 Å². The van der Waals surface area contributed by atoms with Crippen molar-refractivity contribution >= 4 is 17.6 Å². The second-order valence-corrected chi connectivity index (χ2v) is 5.25. The third-order valence-electron chi connectivity index (χ3n) is 3.54. The molecular weight excluding hydrogens is 258 g/mol. The van der Waals surface area contributed by atoms with Crippen LogP contribution in [0.4, 0.5) is 5.69 Å². The molecule has 0 spiro atoms. The maximum Gasteiger partial charge on any atom is 0.104 e. The molecule has 0 fully saturated rings. The molecule has 2 aromatic rings. The number of aliphatic imine (C=N–C) groups is 1. The molecule has 2 N–H and O–H groups in total. The van der Waals surface area contributed by atoms with Crippen LogP contribution in [0.3, 0.4) is 0 Å². The Bertz CT molecular complexity index is 755. The fourth-order valence-electron chi connectivity index (χ4n) is 2.38. The van der Waals surface area contributed by atoms with Crippen LogP contribution in [0.5, 0.6) is 0 Å². The molecular formula is C18H17N3. The molecule has 1 aliphatic heterocycles. The molecule has 0 radical (unpaired) electrons. The van der Waals surface area contributed by atoms with Crippen LogP contribution in [-0.4, -0.2) is 10.8 Å². The van der Waals surface area contributed by atoms with E-state index in [4.69, 9.17) is 5.73 Å². The Morgan fingerprint density at radius 2 is 2.10 bits per heavy atom. The second-order valence-electron chi connectivity index (χ2n) is 5.25. The molecule has 0 saturated heterocycles. The highest BCUT2D eigenvalue weighted by atomic mass is 14.9. The summed E-state index contributed by atoms with van der Waals surface area (Å²) >= 11 is 0. The van der Waals surface area contributed by atoms with E-state index in [2.05, 4.69) is 40.8 Å². The first kappa shape index (κ1) is 13.3. The predicted octanol–water partition coefficient (Wildman–Crippen LogP) is 4.10. The lowest BCUT2D eigenvalue weighted by Gasteiger charge is -2.06. The number of hydrogen-bond acceptors (Lipinski definition) is 3. The monoisotopic (exact) mass is 275 g/mol. The van der Waals surface area contributed by atoms with Gasteiger partial charge in [-0.05, 0) is 36.3 Å². The molecule has 0 amide bonds. The minimum Gasteiger partial charge on any atom is -0.387 e. The fraction of sp³-hybridized carbons (Fsp3) is 0.111. The summed E-state index contributed by atoms with van der Waals surface area (Å²) in [5, 5.41) is 0. The summed E-state index contributed by atoms with van der Waals surface area (Å²) in [7, 11) is 0. The molecule has 3 heteroatoms. The highest BCUT2D eigenvalue weighted by Crippen LogP contribution is 2.32. The zero-order valence-corrected chi connectivity index (χ0v) is 12.0.